The van der Waals surface area contributed by atoms with Crippen molar-refractivity contribution in [2.75, 3.05) is 12.3 Å². The summed E-state index contributed by atoms with van der Waals surface area (Å²) < 4.78 is 14.4. The van der Waals surface area contributed by atoms with Gasteiger partial charge in [0.15, 0.2) is 0 Å². The molecule has 4 rings (SSSR count). The Morgan fingerprint density at radius 2 is 1.82 bits per heavy atom. The Kier molecular flexibility index (Phi) is 6.46. The second-order valence-corrected chi connectivity index (χ2v) is 9.32. The lowest BCUT2D eigenvalue weighted by Crippen LogP contribution is -2.43. The number of carbonyl (C=O) groups excluding carboxylic acids is 2. The fourth-order valence-corrected chi connectivity index (χ4v) is 5.44. The van der Waals surface area contributed by atoms with Crippen LogP contribution in [0.3, 0.4) is 0 Å². The average molecular weight is 485 g/mol. The van der Waals surface area contributed by atoms with E-state index in [1.54, 1.807) is 42.5 Å². The van der Waals surface area contributed by atoms with Gasteiger partial charge >= 0.3 is 0 Å². The van der Waals surface area contributed by atoms with E-state index < -0.39 is 23.1 Å². The third kappa shape index (κ3) is 4.23. The molecule has 4 nitrogen and oxygen atoms in total. The second-order valence-electron chi connectivity index (χ2n) is 8.45. The van der Waals surface area contributed by atoms with Crippen LogP contribution in [0.25, 0.3) is 0 Å². The summed E-state index contributed by atoms with van der Waals surface area (Å²) in [6.07, 6.45) is 0.888. The number of halogens is 3. The first-order valence-electron chi connectivity index (χ1n) is 10.6. The van der Waals surface area contributed by atoms with Crippen molar-refractivity contribution >= 4 is 41.1 Å². The minimum absolute atomic E-state index is 0.0337. The molecular weight excluding hydrogens is 462 g/mol. The molecule has 3 atom stereocenters. The van der Waals surface area contributed by atoms with Crippen LogP contribution in [-0.4, -0.2) is 18.7 Å². The summed E-state index contributed by atoms with van der Waals surface area (Å²) in [5.41, 5.74) is 8.16. The lowest BCUT2D eigenvalue weighted by atomic mass is 9.58. The molecule has 1 aliphatic heterocycles. The average Bonchev–Trinajstić information content (AvgIpc) is 2.92. The van der Waals surface area contributed by atoms with Gasteiger partial charge < -0.3 is 15.8 Å². The minimum Gasteiger partial charge on any atom is -0.398 e. The largest absolute Gasteiger partial charge is 0.398 e. The summed E-state index contributed by atoms with van der Waals surface area (Å²) in [6.45, 7) is 2.00. The summed E-state index contributed by atoms with van der Waals surface area (Å²) in [5.74, 6) is -1.83. The SMILES string of the molecule is Cc1ccc(F)cc1[C@H]1CNC(=O)C[C@@H](c2cccc(Cl)c2)[C@@]1(C=O)c1ccc(Cl)cc1N. The Morgan fingerprint density at radius 1 is 1.06 bits per heavy atom. The van der Waals surface area contributed by atoms with Crippen LogP contribution in [0.4, 0.5) is 10.1 Å². The van der Waals surface area contributed by atoms with Crippen molar-refractivity contribution in [3.05, 3.63) is 98.8 Å². The first-order valence-corrected chi connectivity index (χ1v) is 11.3. The molecule has 0 unspecified atom stereocenters. The molecule has 3 aromatic rings. The fraction of sp³-hybridized carbons (Fsp3) is 0.231. The first-order chi connectivity index (χ1) is 15.8. The van der Waals surface area contributed by atoms with E-state index in [4.69, 9.17) is 28.9 Å². The molecule has 0 bridgehead atoms. The van der Waals surface area contributed by atoms with Gasteiger partial charge in [-0.1, -0.05) is 47.5 Å². The maximum Gasteiger partial charge on any atom is 0.220 e. The summed E-state index contributed by atoms with van der Waals surface area (Å²) in [5, 5.41) is 3.84. The molecule has 3 aromatic carbocycles. The van der Waals surface area contributed by atoms with Crippen LogP contribution in [0.1, 0.15) is 40.5 Å². The molecule has 1 amide bonds. The van der Waals surface area contributed by atoms with Gasteiger partial charge in [0.25, 0.3) is 0 Å². The highest BCUT2D eigenvalue weighted by Gasteiger charge is 2.52. The Labute approximate surface area is 201 Å². The molecule has 0 spiro atoms. The smallest absolute Gasteiger partial charge is 0.220 e. The number of benzene rings is 3. The number of aldehydes is 1. The zero-order valence-corrected chi connectivity index (χ0v) is 19.5. The Hall–Kier alpha value is -2.89. The molecule has 1 heterocycles. The molecule has 1 saturated heterocycles. The van der Waals surface area contributed by atoms with Crippen LogP contribution in [0.2, 0.25) is 10.0 Å². The molecular formula is C26H23Cl2FN2O2. The van der Waals surface area contributed by atoms with Gasteiger partial charge in [0.1, 0.15) is 12.1 Å². The molecule has 0 aromatic heterocycles. The zero-order chi connectivity index (χ0) is 23.8. The standard InChI is InChI=1S/C26H23Cl2FN2O2/c1-15-5-7-19(29)11-20(15)23-13-31-25(33)12-22(16-3-2-4-17(27)9-16)26(23,14-32)21-8-6-18(28)10-24(21)30/h2-11,14,22-23H,12-13,30H2,1H3,(H,31,33)/t22-,23+,26+/m0/s1. The third-order valence-corrected chi connectivity index (χ3v) is 7.06. The number of rotatable bonds is 4. The lowest BCUT2D eigenvalue weighted by Gasteiger charge is -2.42. The van der Waals surface area contributed by atoms with Gasteiger partial charge in [-0.25, -0.2) is 4.39 Å². The van der Waals surface area contributed by atoms with Crippen LogP contribution >= 0.6 is 23.2 Å². The van der Waals surface area contributed by atoms with Crippen LogP contribution in [0, 0.1) is 12.7 Å². The van der Waals surface area contributed by atoms with Gasteiger partial charge in [0.05, 0.1) is 5.41 Å². The van der Waals surface area contributed by atoms with Crippen molar-refractivity contribution in [1.29, 1.82) is 0 Å². The molecule has 3 N–H and O–H groups in total. The Balaban J connectivity index is 2.08. The van der Waals surface area contributed by atoms with E-state index in [1.807, 2.05) is 13.0 Å². The van der Waals surface area contributed by atoms with Crippen LogP contribution < -0.4 is 11.1 Å². The topological polar surface area (TPSA) is 72.2 Å². The number of nitrogens with two attached hydrogens (primary N) is 1. The highest BCUT2D eigenvalue weighted by atomic mass is 35.5. The zero-order valence-electron chi connectivity index (χ0n) is 17.9. The van der Waals surface area contributed by atoms with Gasteiger partial charge in [0, 0.05) is 40.5 Å². The van der Waals surface area contributed by atoms with E-state index in [2.05, 4.69) is 5.32 Å². The molecule has 170 valence electrons. The number of carbonyl (C=O) groups is 2. The third-order valence-electron chi connectivity index (χ3n) is 6.59. The van der Waals surface area contributed by atoms with Gasteiger partial charge in [-0.2, -0.15) is 0 Å². The highest BCUT2D eigenvalue weighted by molar-refractivity contribution is 6.31. The number of nitrogen functional groups attached to an aromatic ring is 1. The van der Waals surface area contributed by atoms with Crippen molar-refractivity contribution in [3.8, 4) is 0 Å². The second kappa shape index (κ2) is 9.16. The van der Waals surface area contributed by atoms with Gasteiger partial charge in [0.2, 0.25) is 5.91 Å². The van der Waals surface area contributed by atoms with Crippen LogP contribution in [0.15, 0.2) is 60.7 Å². The fourth-order valence-electron chi connectivity index (χ4n) is 5.06. The quantitative estimate of drug-likeness (QED) is 0.376. The molecule has 1 aliphatic rings. The minimum atomic E-state index is -1.29. The van der Waals surface area contributed by atoms with Gasteiger partial charge in [-0.05, 0) is 65.6 Å². The first kappa shape index (κ1) is 23.3. The van der Waals surface area contributed by atoms with Crippen molar-refractivity contribution in [2.45, 2.75) is 30.6 Å². The highest BCUT2D eigenvalue weighted by Crippen LogP contribution is 2.53. The predicted molar refractivity (Wildman–Crippen MR) is 129 cm³/mol. The van der Waals surface area contributed by atoms with E-state index >= 15 is 0 Å². The van der Waals surface area contributed by atoms with Crippen LogP contribution in [-0.2, 0) is 15.0 Å². The van der Waals surface area contributed by atoms with E-state index in [1.165, 1.54) is 12.1 Å². The monoisotopic (exact) mass is 484 g/mol. The van der Waals surface area contributed by atoms with Crippen molar-refractivity contribution in [2.24, 2.45) is 0 Å². The summed E-state index contributed by atoms with van der Waals surface area (Å²) in [7, 11) is 0. The normalized spacial score (nSPS) is 23.0. The molecule has 0 aliphatic carbocycles. The summed E-state index contributed by atoms with van der Waals surface area (Å²) >= 11 is 12.5. The maximum absolute atomic E-state index is 14.4. The number of aryl methyl sites for hydroxylation is 1. The number of hydrogen-bond acceptors (Lipinski definition) is 3. The van der Waals surface area contributed by atoms with Crippen molar-refractivity contribution < 1.29 is 14.0 Å². The maximum atomic E-state index is 14.4. The number of nitrogens with one attached hydrogen (secondary N) is 1. The lowest BCUT2D eigenvalue weighted by molar-refractivity contribution is -0.121. The molecule has 7 heteroatoms. The number of hydrogen-bond donors (Lipinski definition) is 2. The number of amides is 1. The van der Waals surface area contributed by atoms with Crippen LogP contribution in [0.5, 0.6) is 0 Å². The summed E-state index contributed by atoms with van der Waals surface area (Å²) in [6, 6.07) is 16.6. The molecule has 0 radical (unpaired) electrons. The van der Waals surface area contributed by atoms with E-state index in [-0.39, 0.29) is 18.9 Å². The van der Waals surface area contributed by atoms with E-state index in [0.29, 0.717) is 26.9 Å². The van der Waals surface area contributed by atoms with E-state index in [9.17, 15) is 14.0 Å². The van der Waals surface area contributed by atoms with Gasteiger partial charge in [-0.15, -0.1) is 0 Å². The molecule has 33 heavy (non-hydrogen) atoms. The summed E-state index contributed by atoms with van der Waals surface area (Å²) in [4.78, 5) is 26.1. The van der Waals surface area contributed by atoms with Gasteiger partial charge in [-0.3, -0.25) is 4.79 Å². The van der Waals surface area contributed by atoms with E-state index in [0.717, 1.165) is 17.4 Å². The van der Waals surface area contributed by atoms with Crippen molar-refractivity contribution in [1.82, 2.24) is 5.32 Å². The Bertz CT molecular complexity index is 1230. The van der Waals surface area contributed by atoms with Crippen molar-refractivity contribution in [3.63, 3.8) is 0 Å². The molecule has 0 saturated carbocycles. The number of anilines is 1. The predicted octanol–water partition coefficient (Wildman–Crippen LogP) is 5.55. The Morgan fingerprint density at radius 3 is 2.52 bits per heavy atom. The molecule has 1 fully saturated rings.